The molecule has 2 aliphatic rings. The summed E-state index contributed by atoms with van der Waals surface area (Å²) in [6, 6.07) is 7.76. The summed E-state index contributed by atoms with van der Waals surface area (Å²) in [4.78, 5) is 0. The largest absolute Gasteiger partial charge is 0.341 e. The molecular weight excluding hydrogens is 219 g/mol. The predicted molar refractivity (Wildman–Crippen MR) is 56.8 cm³/mol. The Labute approximate surface area is 88.9 Å². The molecule has 0 aliphatic carbocycles. The summed E-state index contributed by atoms with van der Waals surface area (Å²) >= 11 is 5.84. The van der Waals surface area contributed by atoms with Gasteiger partial charge in [0.2, 0.25) is 0 Å². The SMILES string of the molecule is Clc1ccc(C23CP(CO2)CO3)cc1. The van der Waals surface area contributed by atoms with Crippen LogP contribution in [0.2, 0.25) is 5.02 Å². The Hall–Kier alpha value is -0.140. The lowest BCUT2D eigenvalue weighted by Gasteiger charge is -2.26. The molecule has 0 aromatic heterocycles. The molecule has 0 amide bonds. The van der Waals surface area contributed by atoms with E-state index in [0.29, 0.717) is 0 Å². The third kappa shape index (κ3) is 1.30. The minimum Gasteiger partial charge on any atom is -0.341 e. The van der Waals surface area contributed by atoms with Crippen molar-refractivity contribution in [1.82, 2.24) is 0 Å². The van der Waals surface area contributed by atoms with Crippen LogP contribution in [-0.4, -0.2) is 18.9 Å². The van der Waals surface area contributed by atoms with Crippen LogP contribution in [-0.2, 0) is 15.3 Å². The predicted octanol–water partition coefficient (Wildman–Crippen LogP) is 2.95. The standard InChI is InChI=1S/C10H10ClO2P/c11-9-3-1-8(2-4-9)10-5-14(6-12-10)7-13-10/h1-4H,5-7H2. The number of hydrogen-bond donors (Lipinski definition) is 0. The van der Waals surface area contributed by atoms with Crippen molar-refractivity contribution in [2.45, 2.75) is 5.79 Å². The van der Waals surface area contributed by atoms with Gasteiger partial charge in [-0.3, -0.25) is 0 Å². The Balaban J connectivity index is 1.98. The maximum atomic E-state index is 5.84. The van der Waals surface area contributed by atoms with Gasteiger partial charge >= 0.3 is 0 Å². The average Bonchev–Trinajstić information content (AvgIpc) is 2.79. The number of rotatable bonds is 1. The molecule has 1 aromatic rings. The monoisotopic (exact) mass is 228 g/mol. The van der Waals surface area contributed by atoms with E-state index in [4.69, 9.17) is 21.1 Å². The molecular formula is C10H10ClO2P. The minimum absolute atomic E-state index is 0.0261. The molecule has 4 heteroatoms. The second-order valence-electron chi connectivity index (χ2n) is 3.64. The zero-order chi connectivity index (χ0) is 9.60. The molecule has 1 aromatic carbocycles. The zero-order valence-corrected chi connectivity index (χ0v) is 9.22. The van der Waals surface area contributed by atoms with E-state index in [2.05, 4.69) is 0 Å². The number of fused-ring (bicyclic) bond motifs is 2. The first kappa shape index (κ1) is 9.11. The molecule has 74 valence electrons. The maximum Gasteiger partial charge on any atom is 0.199 e. The van der Waals surface area contributed by atoms with Gasteiger partial charge in [-0.1, -0.05) is 23.7 Å². The first-order valence-corrected chi connectivity index (χ1v) is 6.82. The molecule has 2 heterocycles. The van der Waals surface area contributed by atoms with Crippen LogP contribution in [0.1, 0.15) is 5.56 Å². The summed E-state index contributed by atoms with van der Waals surface area (Å²) in [6.07, 6.45) is 2.82. The van der Waals surface area contributed by atoms with Crippen LogP contribution in [0.5, 0.6) is 0 Å². The van der Waals surface area contributed by atoms with Crippen LogP contribution in [0.15, 0.2) is 24.3 Å². The highest BCUT2D eigenvalue weighted by molar-refractivity contribution is 7.57. The molecule has 2 saturated heterocycles. The van der Waals surface area contributed by atoms with Crippen molar-refractivity contribution in [2.24, 2.45) is 0 Å². The van der Waals surface area contributed by atoms with Crippen LogP contribution in [0.3, 0.4) is 0 Å². The molecule has 14 heavy (non-hydrogen) atoms. The fraction of sp³-hybridized carbons (Fsp3) is 0.400. The van der Waals surface area contributed by atoms with Gasteiger partial charge in [0.15, 0.2) is 5.79 Å². The lowest BCUT2D eigenvalue weighted by molar-refractivity contribution is -0.199. The zero-order valence-electron chi connectivity index (χ0n) is 7.57. The molecule has 0 radical (unpaired) electrons. The Morgan fingerprint density at radius 1 is 1.14 bits per heavy atom. The van der Waals surface area contributed by atoms with E-state index in [0.717, 1.165) is 29.4 Å². The van der Waals surface area contributed by atoms with Crippen molar-refractivity contribution in [3.05, 3.63) is 34.9 Å². The number of halogens is 1. The van der Waals surface area contributed by atoms with Crippen molar-refractivity contribution in [3.8, 4) is 0 Å². The molecule has 0 atom stereocenters. The molecule has 2 fully saturated rings. The van der Waals surface area contributed by atoms with Crippen LogP contribution in [0, 0.1) is 0 Å². The van der Waals surface area contributed by atoms with Crippen molar-refractivity contribution < 1.29 is 9.47 Å². The molecule has 2 nitrogen and oxygen atoms in total. The Bertz CT molecular complexity index is 344. The smallest absolute Gasteiger partial charge is 0.199 e. The topological polar surface area (TPSA) is 18.5 Å². The molecule has 0 spiro atoms. The van der Waals surface area contributed by atoms with E-state index in [1.54, 1.807) is 0 Å². The molecule has 2 aliphatic heterocycles. The molecule has 3 rings (SSSR count). The fourth-order valence-electron chi connectivity index (χ4n) is 1.91. The number of hydrogen-bond acceptors (Lipinski definition) is 2. The van der Waals surface area contributed by atoms with Crippen molar-refractivity contribution in [1.29, 1.82) is 0 Å². The number of benzene rings is 1. The molecule has 2 bridgehead atoms. The van der Waals surface area contributed by atoms with Gasteiger partial charge in [0.05, 0.1) is 12.7 Å². The van der Waals surface area contributed by atoms with Gasteiger partial charge in [0.25, 0.3) is 0 Å². The van der Waals surface area contributed by atoms with Crippen LogP contribution >= 0.6 is 19.5 Å². The first-order valence-electron chi connectivity index (χ1n) is 4.55. The van der Waals surface area contributed by atoms with Gasteiger partial charge in [0, 0.05) is 16.7 Å². The lowest BCUT2D eigenvalue weighted by atomic mass is 10.1. The van der Waals surface area contributed by atoms with Gasteiger partial charge in [-0.2, -0.15) is 0 Å². The minimum atomic E-state index is -0.434. The van der Waals surface area contributed by atoms with Crippen LogP contribution < -0.4 is 0 Å². The van der Waals surface area contributed by atoms with Crippen LogP contribution in [0.4, 0.5) is 0 Å². The fourth-order valence-corrected chi connectivity index (χ4v) is 4.03. The third-order valence-corrected chi connectivity index (χ3v) is 4.78. The summed E-state index contributed by atoms with van der Waals surface area (Å²) in [5.74, 6) is -0.434. The normalized spacial score (nSPS) is 35.1. The van der Waals surface area contributed by atoms with Crippen molar-refractivity contribution in [2.75, 3.05) is 18.9 Å². The van der Waals surface area contributed by atoms with E-state index in [1.165, 1.54) is 0 Å². The summed E-state index contributed by atoms with van der Waals surface area (Å²) in [5.41, 5.74) is 1.10. The highest BCUT2D eigenvalue weighted by Gasteiger charge is 2.48. The van der Waals surface area contributed by atoms with E-state index >= 15 is 0 Å². The van der Waals surface area contributed by atoms with Crippen LogP contribution in [0.25, 0.3) is 0 Å². The number of ether oxygens (including phenoxy) is 2. The second-order valence-corrected chi connectivity index (χ2v) is 6.25. The summed E-state index contributed by atoms with van der Waals surface area (Å²) < 4.78 is 11.5. The average molecular weight is 229 g/mol. The second kappa shape index (κ2) is 3.18. The van der Waals surface area contributed by atoms with Gasteiger partial charge in [-0.05, 0) is 20.1 Å². The summed E-state index contributed by atoms with van der Waals surface area (Å²) in [5, 5.41) is 0.753. The molecule has 0 unspecified atom stereocenters. The highest BCUT2D eigenvalue weighted by atomic mass is 35.5. The highest BCUT2D eigenvalue weighted by Crippen LogP contribution is 2.58. The van der Waals surface area contributed by atoms with Crippen molar-refractivity contribution in [3.63, 3.8) is 0 Å². The van der Waals surface area contributed by atoms with Gasteiger partial charge in [0.1, 0.15) is 0 Å². The lowest BCUT2D eigenvalue weighted by Crippen LogP contribution is -2.29. The Morgan fingerprint density at radius 2 is 1.79 bits per heavy atom. The summed E-state index contributed by atoms with van der Waals surface area (Å²) in [7, 11) is -0.0261. The summed E-state index contributed by atoms with van der Waals surface area (Å²) in [6.45, 7) is 0. The van der Waals surface area contributed by atoms with E-state index in [-0.39, 0.29) is 7.92 Å². The van der Waals surface area contributed by atoms with Gasteiger partial charge in [-0.25, -0.2) is 0 Å². The van der Waals surface area contributed by atoms with E-state index < -0.39 is 5.79 Å². The van der Waals surface area contributed by atoms with Gasteiger partial charge in [-0.15, -0.1) is 0 Å². The Morgan fingerprint density at radius 3 is 2.29 bits per heavy atom. The van der Waals surface area contributed by atoms with Crippen molar-refractivity contribution >= 4 is 19.5 Å². The quantitative estimate of drug-likeness (QED) is 0.688. The third-order valence-electron chi connectivity index (χ3n) is 2.68. The molecule has 0 N–H and O–H groups in total. The van der Waals surface area contributed by atoms with E-state index in [9.17, 15) is 0 Å². The van der Waals surface area contributed by atoms with E-state index in [1.807, 2.05) is 24.3 Å². The maximum absolute atomic E-state index is 5.84. The van der Waals surface area contributed by atoms with Gasteiger partial charge < -0.3 is 9.47 Å². The molecule has 0 saturated carbocycles. The Kier molecular flexibility index (Phi) is 2.07. The first-order chi connectivity index (χ1) is 6.78.